The standard InChI is InChI=1S/C22H15FN2O3S/c23-16-7-9-17(10-8-16)25-21(26)20(14-4-2-1-3-5-14)28-22(27)15-6-11-18-19(12-15)29-13-24-18/h1-13,20H,(H,25,26)/t20-/m1/s1. The van der Waals surface area contributed by atoms with E-state index in [0.29, 0.717) is 16.8 Å². The molecule has 3 aromatic carbocycles. The summed E-state index contributed by atoms with van der Waals surface area (Å²) >= 11 is 1.41. The summed E-state index contributed by atoms with van der Waals surface area (Å²) in [5, 5.41) is 2.66. The zero-order valence-electron chi connectivity index (χ0n) is 15.0. The lowest BCUT2D eigenvalue weighted by Crippen LogP contribution is -2.26. The zero-order valence-corrected chi connectivity index (χ0v) is 15.9. The number of aromatic nitrogens is 1. The van der Waals surface area contributed by atoms with Gasteiger partial charge in [-0.3, -0.25) is 4.79 Å². The number of nitrogens with zero attached hydrogens (tertiary/aromatic N) is 1. The maximum absolute atomic E-state index is 13.1. The molecule has 0 fully saturated rings. The lowest BCUT2D eigenvalue weighted by molar-refractivity contribution is -0.125. The highest BCUT2D eigenvalue weighted by Crippen LogP contribution is 2.24. The van der Waals surface area contributed by atoms with Crippen molar-refractivity contribution >= 4 is 39.1 Å². The average molecular weight is 406 g/mol. The van der Waals surface area contributed by atoms with Crippen LogP contribution in [0, 0.1) is 5.82 Å². The molecule has 4 rings (SSSR count). The predicted molar refractivity (Wildman–Crippen MR) is 109 cm³/mol. The van der Waals surface area contributed by atoms with E-state index in [9.17, 15) is 14.0 Å². The second-order valence-electron chi connectivity index (χ2n) is 6.23. The molecule has 1 atom stereocenters. The van der Waals surface area contributed by atoms with Crippen LogP contribution in [0.1, 0.15) is 22.0 Å². The van der Waals surface area contributed by atoms with Gasteiger partial charge in [0, 0.05) is 11.3 Å². The molecule has 0 bridgehead atoms. The summed E-state index contributed by atoms with van der Waals surface area (Å²) in [6.45, 7) is 0. The number of benzene rings is 3. The van der Waals surface area contributed by atoms with E-state index in [2.05, 4.69) is 10.3 Å². The molecule has 0 saturated carbocycles. The Labute approximate surface area is 169 Å². The van der Waals surface area contributed by atoms with Gasteiger partial charge in [-0.1, -0.05) is 30.3 Å². The highest BCUT2D eigenvalue weighted by molar-refractivity contribution is 7.16. The molecule has 0 spiro atoms. The topological polar surface area (TPSA) is 68.3 Å². The Morgan fingerprint density at radius 3 is 2.52 bits per heavy atom. The summed E-state index contributed by atoms with van der Waals surface area (Å²) in [5.41, 5.74) is 3.75. The van der Waals surface area contributed by atoms with Gasteiger partial charge in [-0.25, -0.2) is 14.2 Å². The van der Waals surface area contributed by atoms with Crippen LogP contribution in [-0.2, 0) is 9.53 Å². The fraction of sp³-hybridized carbons (Fsp3) is 0.0455. The molecule has 7 heteroatoms. The summed E-state index contributed by atoms with van der Waals surface area (Å²) in [6, 6.07) is 19.1. The molecule has 29 heavy (non-hydrogen) atoms. The van der Waals surface area contributed by atoms with E-state index in [-0.39, 0.29) is 0 Å². The van der Waals surface area contributed by atoms with E-state index in [4.69, 9.17) is 4.74 Å². The largest absolute Gasteiger partial charge is 0.444 e. The van der Waals surface area contributed by atoms with Gasteiger partial charge >= 0.3 is 5.97 Å². The van der Waals surface area contributed by atoms with Crippen LogP contribution in [0.3, 0.4) is 0 Å². The number of ether oxygens (including phenoxy) is 1. The van der Waals surface area contributed by atoms with Gasteiger partial charge in [0.25, 0.3) is 5.91 Å². The van der Waals surface area contributed by atoms with Gasteiger partial charge in [0.1, 0.15) is 5.82 Å². The van der Waals surface area contributed by atoms with Crippen LogP contribution in [-0.4, -0.2) is 16.9 Å². The molecule has 1 amide bonds. The van der Waals surface area contributed by atoms with Gasteiger partial charge in [0.2, 0.25) is 6.10 Å². The van der Waals surface area contributed by atoms with Crippen molar-refractivity contribution in [2.45, 2.75) is 6.10 Å². The lowest BCUT2D eigenvalue weighted by Gasteiger charge is -2.18. The first-order chi connectivity index (χ1) is 14.1. The molecule has 144 valence electrons. The number of fused-ring (bicyclic) bond motifs is 1. The molecule has 4 aromatic rings. The van der Waals surface area contributed by atoms with E-state index >= 15 is 0 Å². The van der Waals surface area contributed by atoms with Crippen LogP contribution >= 0.6 is 11.3 Å². The fourth-order valence-corrected chi connectivity index (χ4v) is 3.52. The van der Waals surface area contributed by atoms with Crippen LogP contribution in [0.2, 0.25) is 0 Å². The second kappa shape index (κ2) is 8.20. The molecule has 5 nitrogen and oxygen atoms in total. The molecule has 1 N–H and O–H groups in total. The number of amides is 1. The van der Waals surface area contributed by atoms with E-state index in [1.165, 1.54) is 35.6 Å². The molecule has 0 aliphatic heterocycles. The Morgan fingerprint density at radius 1 is 1.00 bits per heavy atom. The third-order valence-corrected chi connectivity index (χ3v) is 5.04. The SMILES string of the molecule is O=C(O[C@@H](C(=O)Nc1ccc(F)cc1)c1ccccc1)c1ccc2ncsc2c1. The number of carbonyl (C=O) groups excluding carboxylic acids is 2. The number of hydrogen-bond donors (Lipinski definition) is 1. The van der Waals surface area contributed by atoms with Crippen LogP contribution in [0.4, 0.5) is 10.1 Å². The van der Waals surface area contributed by atoms with Crippen molar-refractivity contribution in [3.05, 3.63) is 95.3 Å². The van der Waals surface area contributed by atoms with Crippen LogP contribution in [0.15, 0.2) is 78.3 Å². The quantitative estimate of drug-likeness (QED) is 0.475. The van der Waals surface area contributed by atoms with Crippen molar-refractivity contribution in [2.75, 3.05) is 5.32 Å². The smallest absolute Gasteiger partial charge is 0.339 e. The Bertz CT molecular complexity index is 1160. The molecular formula is C22H15FN2O3S. The molecule has 1 aromatic heterocycles. The van der Waals surface area contributed by atoms with Crippen LogP contribution in [0.25, 0.3) is 10.2 Å². The van der Waals surface area contributed by atoms with E-state index in [1.807, 2.05) is 0 Å². The summed E-state index contributed by atoms with van der Waals surface area (Å²) in [6.07, 6.45) is -1.16. The average Bonchev–Trinajstić information content (AvgIpc) is 3.22. The number of nitrogens with one attached hydrogen (secondary N) is 1. The first kappa shape index (κ1) is 18.8. The molecule has 0 saturated heterocycles. The van der Waals surface area contributed by atoms with Gasteiger partial charge in [-0.2, -0.15) is 0 Å². The minimum atomic E-state index is -1.16. The van der Waals surface area contributed by atoms with Crippen molar-refractivity contribution in [1.29, 1.82) is 0 Å². The van der Waals surface area contributed by atoms with Crippen molar-refractivity contribution in [1.82, 2.24) is 4.98 Å². The molecule has 1 heterocycles. The van der Waals surface area contributed by atoms with Crippen molar-refractivity contribution in [2.24, 2.45) is 0 Å². The van der Waals surface area contributed by atoms with Gasteiger partial charge < -0.3 is 10.1 Å². The molecule has 0 aliphatic rings. The highest BCUT2D eigenvalue weighted by Gasteiger charge is 2.26. The van der Waals surface area contributed by atoms with Gasteiger partial charge in [0.05, 0.1) is 21.3 Å². The minimum absolute atomic E-state index is 0.331. The maximum Gasteiger partial charge on any atom is 0.339 e. The third kappa shape index (κ3) is 4.30. The molecule has 0 radical (unpaired) electrons. The second-order valence-corrected chi connectivity index (χ2v) is 7.11. The summed E-state index contributed by atoms with van der Waals surface area (Å²) in [5.74, 6) is -1.56. The fourth-order valence-electron chi connectivity index (χ4n) is 2.80. The number of carbonyl (C=O) groups is 2. The number of anilines is 1. The zero-order chi connectivity index (χ0) is 20.2. The maximum atomic E-state index is 13.1. The Balaban J connectivity index is 1.59. The summed E-state index contributed by atoms with van der Waals surface area (Å²) < 4.78 is 19.5. The molecule has 0 unspecified atom stereocenters. The Morgan fingerprint density at radius 2 is 1.76 bits per heavy atom. The van der Waals surface area contributed by atoms with E-state index in [1.54, 1.807) is 54.0 Å². The molecular weight excluding hydrogens is 391 g/mol. The lowest BCUT2D eigenvalue weighted by atomic mass is 10.1. The summed E-state index contributed by atoms with van der Waals surface area (Å²) in [4.78, 5) is 29.8. The number of halogens is 1. The van der Waals surface area contributed by atoms with Crippen molar-refractivity contribution in [3.8, 4) is 0 Å². The number of thiazole rings is 1. The highest BCUT2D eigenvalue weighted by atomic mass is 32.1. The predicted octanol–water partition coefficient (Wildman–Crippen LogP) is 4.97. The third-order valence-electron chi connectivity index (χ3n) is 4.24. The van der Waals surface area contributed by atoms with Crippen molar-refractivity contribution in [3.63, 3.8) is 0 Å². The van der Waals surface area contributed by atoms with E-state index < -0.39 is 23.8 Å². The Kier molecular flexibility index (Phi) is 5.31. The minimum Gasteiger partial charge on any atom is -0.444 e. The monoisotopic (exact) mass is 406 g/mol. The summed E-state index contributed by atoms with van der Waals surface area (Å²) in [7, 11) is 0. The van der Waals surface area contributed by atoms with E-state index in [0.717, 1.165) is 10.2 Å². The van der Waals surface area contributed by atoms with Gasteiger partial charge in [0.15, 0.2) is 0 Å². The number of rotatable bonds is 5. The van der Waals surface area contributed by atoms with Crippen molar-refractivity contribution < 1.29 is 18.7 Å². The first-order valence-corrected chi connectivity index (χ1v) is 9.64. The first-order valence-electron chi connectivity index (χ1n) is 8.76. The van der Waals surface area contributed by atoms with Gasteiger partial charge in [-0.05, 0) is 42.5 Å². The normalized spacial score (nSPS) is 11.8. The number of esters is 1. The number of hydrogen-bond acceptors (Lipinski definition) is 5. The van der Waals surface area contributed by atoms with Gasteiger partial charge in [-0.15, -0.1) is 11.3 Å². The van der Waals surface area contributed by atoms with Crippen LogP contribution < -0.4 is 5.32 Å². The van der Waals surface area contributed by atoms with Crippen LogP contribution in [0.5, 0.6) is 0 Å². The Hall–Kier alpha value is -3.58. The molecule has 0 aliphatic carbocycles.